The van der Waals surface area contributed by atoms with Gasteiger partial charge in [0, 0.05) is 28.5 Å². The highest BCUT2D eigenvalue weighted by Crippen LogP contribution is 2.22. The van der Waals surface area contributed by atoms with Gasteiger partial charge in [-0.15, -0.1) is 11.3 Å². The number of anilines is 1. The van der Waals surface area contributed by atoms with Gasteiger partial charge in [0.05, 0.1) is 18.0 Å². The van der Waals surface area contributed by atoms with Crippen LogP contribution >= 0.6 is 23.1 Å². The lowest BCUT2D eigenvalue weighted by Gasteiger charge is -2.09. The van der Waals surface area contributed by atoms with E-state index in [0.717, 1.165) is 10.6 Å². The van der Waals surface area contributed by atoms with Crippen molar-refractivity contribution < 1.29 is 14.0 Å². The average molecular weight is 467 g/mol. The number of carbonyl (C=O) groups excluding carboxylic acids is 2. The van der Waals surface area contributed by atoms with Crippen molar-refractivity contribution in [1.82, 2.24) is 14.9 Å². The second-order valence-electron chi connectivity index (χ2n) is 6.71. The normalized spacial score (nSPS) is 10.7. The summed E-state index contributed by atoms with van der Waals surface area (Å²) >= 11 is 2.83. The van der Waals surface area contributed by atoms with E-state index in [1.54, 1.807) is 48.0 Å². The van der Waals surface area contributed by atoms with Crippen molar-refractivity contribution in [1.29, 1.82) is 0 Å². The third-order valence-electron chi connectivity index (χ3n) is 4.50. The van der Waals surface area contributed by atoms with Crippen LogP contribution in [-0.4, -0.2) is 27.1 Å². The van der Waals surface area contributed by atoms with Crippen LogP contribution in [0.1, 0.15) is 15.2 Å². The molecule has 2 amide bonds. The van der Waals surface area contributed by atoms with Gasteiger partial charge in [-0.3, -0.25) is 14.2 Å². The Balaban J connectivity index is 1.36. The first kappa shape index (κ1) is 21.8. The highest BCUT2D eigenvalue weighted by Gasteiger charge is 2.12. The lowest BCUT2D eigenvalue weighted by Crippen LogP contribution is -2.22. The second-order valence-corrected chi connectivity index (χ2v) is 8.68. The van der Waals surface area contributed by atoms with E-state index in [1.165, 1.54) is 23.9 Å². The van der Waals surface area contributed by atoms with Gasteiger partial charge in [0.15, 0.2) is 5.16 Å². The molecule has 0 saturated carbocycles. The summed E-state index contributed by atoms with van der Waals surface area (Å²) in [5.41, 5.74) is 1.52. The summed E-state index contributed by atoms with van der Waals surface area (Å²) in [6.45, 7) is 0.496. The monoisotopic (exact) mass is 466 g/mol. The minimum absolute atomic E-state index is 0.0779. The first-order valence-corrected chi connectivity index (χ1v) is 11.6. The van der Waals surface area contributed by atoms with Gasteiger partial charge in [-0.1, -0.05) is 30.0 Å². The van der Waals surface area contributed by atoms with Crippen LogP contribution in [0.25, 0.3) is 5.69 Å². The number of rotatable bonds is 8. The summed E-state index contributed by atoms with van der Waals surface area (Å²) in [4.78, 5) is 29.9. The van der Waals surface area contributed by atoms with E-state index >= 15 is 0 Å². The summed E-state index contributed by atoms with van der Waals surface area (Å²) in [6.07, 6.45) is 3.42. The number of amides is 2. The SMILES string of the molecule is O=C(CSc1nccn1-c1ccc(C(=O)NCc2cccs2)cc1)Nc1ccccc1F. The molecule has 0 unspecified atom stereocenters. The molecule has 0 saturated heterocycles. The van der Waals surface area contributed by atoms with E-state index in [4.69, 9.17) is 0 Å². The zero-order valence-corrected chi connectivity index (χ0v) is 18.5. The van der Waals surface area contributed by atoms with Crippen LogP contribution in [0.4, 0.5) is 10.1 Å². The maximum Gasteiger partial charge on any atom is 0.251 e. The summed E-state index contributed by atoms with van der Waals surface area (Å²) in [7, 11) is 0. The molecule has 0 radical (unpaired) electrons. The van der Waals surface area contributed by atoms with Crippen molar-refractivity contribution in [3.8, 4) is 5.69 Å². The number of nitrogens with one attached hydrogen (secondary N) is 2. The lowest BCUT2D eigenvalue weighted by molar-refractivity contribution is -0.113. The molecule has 4 aromatic rings. The van der Waals surface area contributed by atoms with Crippen LogP contribution in [0.15, 0.2) is 83.6 Å². The summed E-state index contributed by atoms with van der Waals surface area (Å²) in [5.74, 6) is -0.872. The maximum absolute atomic E-state index is 13.7. The molecule has 2 aromatic heterocycles. The predicted molar refractivity (Wildman–Crippen MR) is 125 cm³/mol. The van der Waals surface area contributed by atoms with Gasteiger partial charge in [-0.05, 0) is 47.8 Å². The topological polar surface area (TPSA) is 76.0 Å². The zero-order chi connectivity index (χ0) is 22.3. The maximum atomic E-state index is 13.7. The number of aromatic nitrogens is 2. The largest absolute Gasteiger partial charge is 0.347 e. The van der Waals surface area contributed by atoms with Crippen LogP contribution < -0.4 is 10.6 Å². The molecular formula is C23H19FN4O2S2. The first-order valence-electron chi connectivity index (χ1n) is 9.72. The quantitative estimate of drug-likeness (QED) is 0.368. The highest BCUT2D eigenvalue weighted by molar-refractivity contribution is 7.99. The van der Waals surface area contributed by atoms with E-state index < -0.39 is 5.82 Å². The number of imidazole rings is 1. The number of benzene rings is 2. The van der Waals surface area contributed by atoms with Crippen molar-refractivity contribution in [3.05, 3.63) is 94.7 Å². The number of thioether (sulfide) groups is 1. The third kappa shape index (κ3) is 5.43. The van der Waals surface area contributed by atoms with Gasteiger partial charge in [-0.25, -0.2) is 9.37 Å². The van der Waals surface area contributed by atoms with Gasteiger partial charge < -0.3 is 10.6 Å². The number of hydrogen-bond donors (Lipinski definition) is 2. The Kier molecular flexibility index (Phi) is 6.98. The summed E-state index contributed by atoms with van der Waals surface area (Å²) in [5, 5.41) is 8.05. The second kappa shape index (κ2) is 10.3. The highest BCUT2D eigenvalue weighted by atomic mass is 32.2. The molecule has 4 rings (SSSR count). The van der Waals surface area contributed by atoms with Crippen molar-refractivity contribution in [2.45, 2.75) is 11.7 Å². The molecule has 6 nitrogen and oxygen atoms in total. The van der Waals surface area contributed by atoms with Crippen molar-refractivity contribution in [2.24, 2.45) is 0 Å². The first-order chi connectivity index (χ1) is 15.6. The van der Waals surface area contributed by atoms with Gasteiger partial charge in [0.2, 0.25) is 5.91 Å². The summed E-state index contributed by atoms with van der Waals surface area (Å²) in [6, 6.07) is 17.1. The van der Waals surface area contributed by atoms with E-state index in [0.29, 0.717) is 17.3 Å². The predicted octanol–water partition coefficient (Wildman–Crippen LogP) is 4.73. The molecule has 32 heavy (non-hydrogen) atoms. The molecule has 0 spiro atoms. The van der Waals surface area contributed by atoms with Crippen LogP contribution in [0.3, 0.4) is 0 Å². The molecule has 0 atom stereocenters. The van der Waals surface area contributed by atoms with E-state index in [9.17, 15) is 14.0 Å². The minimum atomic E-state index is -0.480. The number of para-hydroxylation sites is 1. The Labute approximate surface area is 192 Å². The number of nitrogens with zero attached hydrogens (tertiary/aromatic N) is 2. The van der Waals surface area contributed by atoms with Crippen molar-refractivity contribution in [2.75, 3.05) is 11.1 Å². The molecule has 9 heteroatoms. The Morgan fingerprint density at radius 1 is 1.06 bits per heavy atom. The number of hydrogen-bond acceptors (Lipinski definition) is 5. The Morgan fingerprint density at radius 3 is 2.62 bits per heavy atom. The lowest BCUT2D eigenvalue weighted by atomic mass is 10.2. The van der Waals surface area contributed by atoms with E-state index in [1.807, 2.05) is 34.2 Å². The van der Waals surface area contributed by atoms with Gasteiger partial charge >= 0.3 is 0 Å². The molecule has 2 aromatic carbocycles. The summed E-state index contributed by atoms with van der Waals surface area (Å²) < 4.78 is 15.5. The number of carbonyl (C=O) groups is 2. The Bertz CT molecular complexity index is 1210. The molecule has 0 aliphatic heterocycles. The molecule has 162 valence electrons. The molecule has 0 aliphatic carbocycles. The zero-order valence-electron chi connectivity index (χ0n) is 16.8. The number of thiophene rings is 1. The molecule has 2 N–H and O–H groups in total. The average Bonchev–Trinajstić information content (AvgIpc) is 3.50. The van der Waals surface area contributed by atoms with Gasteiger partial charge in [0.25, 0.3) is 5.91 Å². The molecular weight excluding hydrogens is 447 g/mol. The molecule has 0 aliphatic rings. The van der Waals surface area contributed by atoms with E-state index in [-0.39, 0.29) is 23.3 Å². The van der Waals surface area contributed by atoms with Crippen molar-refractivity contribution in [3.63, 3.8) is 0 Å². The molecule has 2 heterocycles. The Morgan fingerprint density at radius 2 is 1.88 bits per heavy atom. The van der Waals surface area contributed by atoms with Gasteiger partial charge in [-0.2, -0.15) is 0 Å². The third-order valence-corrected chi connectivity index (χ3v) is 6.34. The van der Waals surface area contributed by atoms with Crippen LogP contribution in [0.5, 0.6) is 0 Å². The number of halogens is 1. The van der Waals surface area contributed by atoms with Crippen LogP contribution in [0.2, 0.25) is 0 Å². The van der Waals surface area contributed by atoms with E-state index in [2.05, 4.69) is 15.6 Å². The van der Waals surface area contributed by atoms with Crippen LogP contribution in [-0.2, 0) is 11.3 Å². The molecule has 0 bridgehead atoms. The fraction of sp³-hybridized carbons (Fsp3) is 0.0870. The van der Waals surface area contributed by atoms with Crippen LogP contribution in [0, 0.1) is 5.82 Å². The smallest absolute Gasteiger partial charge is 0.251 e. The van der Waals surface area contributed by atoms with Crippen molar-refractivity contribution >= 4 is 40.6 Å². The molecule has 0 fully saturated rings. The van der Waals surface area contributed by atoms with Gasteiger partial charge in [0.1, 0.15) is 5.82 Å². The standard InChI is InChI=1S/C23H19FN4O2S2/c24-19-5-1-2-6-20(19)27-21(29)15-32-23-25-11-12-28(23)17-9-7-16(8-10-17)22(30)26-14-18-4-3-13-31-18/h1-13H,14-15H2,(H,26,30)(H,27,29). The fourth-order valence-corrected chi connectivity index (χ4v) is 4.35. The fourth-order valence-electron chi connectivity index (χ4n) is 2.93. The minimum Gasteiger partial charge on any atom is -0.347 e. The Hall–Kier alpha value is -3.43.